The van der Waals surface area contributed by atoms with Crippen LogP contribution in [0.25, 0.3) is 0 Å². The van der Waals surface area contributed by atoms with Gasteiger partial charge in [-0.05, 0) is 43.8 Å². The summed E-state index contributed by atoms with van der Waals surface area (Å²) in [6, 6.07) is 2.26. The average molecular weight is 317 g/mol. The van der Waals surface area contributed by atoms with Crippen LogP contribution in [0.1, 0.15) is 61.8 Å². The number of rotatable bonds is 10. The summed E-state index contributed by atoms with van der Waals surface area (Å²) in [7, 11) is -1.79. The molecule has 0 aliphatic rings. The van der Waals surface area contributed by atoms with Crippen LogP contribution in [0.4, 0.5) is 0 Å². The predicted molar refractivity (Wildman–Crippen MR) is 91.9 cm³/mol. The van der Waals surface area contributed by atoms with Crippen LogP contribution >= 0.6 is 0 Å². The van der Waals surface area contributed by atoms with Crippen molar-refractivity contribution >= 4 is 14.3 Å². The minimum absolute atomic E-state index is 0.0420. The first-order valence-electron chi connectivity index (χ1n) is 8.45. The highest BCUT2D eigenvalue weighted by molar-refractivity contribution is 6.75. The minimum Gasteiger partial charge on any atom is -0.465 e. The summed E-state index contributed by atoms with van der Waals surface area (Å²) in [5.74, 6) is 0.510. The van der Waals surface area contributed by atoms with E-state index in [-0.39, 0.29) is 18.0 Å². The topological polar surface area (TPSA) is 35.5 Å². The smallest absolute Gasteiger partial charge is 0.308 e. The van der Waals surface area contributed by atoms with Gasteiger partial charge in [-0.1, -0.05) is 41.5 Å². The van der Waals surface area contributed by atoms with E-state index < -0.39 is 8.32 Å². The summed E-state index contributed by atoms with van der Waals surface area (Å²) in [6.45, 7) is 17.6. The molecule has 0 N–H and O–H groups in total. The molecular weight excluding hydrogens is 280 g/mol. The maximum Gasteiger partial charge on any atom is 0.308 e. The first kappa shape index (κ1) is 20.6. The maximum atomic E-state index is 11.5. The predicted octanol–water partition coefficient (Wildman–Crippen LogP) is 5.01. The molecule has 0 radical (unpaired) electrons. The molecule has 0 fully saturated rings. The number of hydrogen-bond donors (Lipinski definition) is 0. The van der Waals surface area contributed by atoms with Gasteiger partial charge in [0.05, 0.1) is 12.5 Å². The van der Waals surface area contributed by atoms with Gasteiger partial charge in [-0.25, -0.2) is 0 Å². The highest BCUT2D eigenvalue weighted by atomic mass is 28.4. The maximum absolute atomic E-state index is 11.5. The minimum atomic E-state index is -1.79. The van der Waals surface area contributed by atoms with Gasteiger partial charge in [0.15, 0.2) is 8.32 Å². The molecule has 0 aromatic heterocycles. The fourth-order valence-corrected chi connectivity index (χ4v) is 7.54. The molecule has 0 aromatic carbocycles. The molecule has 0 heterocycles. The molecular formula is C17H36O3Si. The lowest BCUT2D eigenvalue weighted by Gasteiger charge is -2.38. The molecule has 0 aromatic rings. The van der Waals surface area contributed by atoms with Gasteiger partial charge in [0.2, 0.25) is 0 Å². The Bertz CT molecular complexity index is 288. The third-order valence-electron chi connectivity index (χ3n) is 3.74. The number of esters is 1. The Labute approximate surface area is 132 Å². The van der Waals surface area contributed by atoms with Gasteiger partial charge in [-0.15, -0.1) is 0 Å². The van der Waals surface area contributed by atoms with Gasteiger partial charge in [0, 0.05) is 6.10 Å². The summed E-state index contributed by atoms with van der Waals surface area (Å²) in [5, 5.41) is 0. The SMILES string of the molecule is CC(C)C[Si](CCCOC(=O)C(C)C)(OC(C)C)C(C)C. The zero-order valence-electron chi connectivity index (χ0n) is 15.4. The summed E-state index contributed by atoms with van der Waals surface area (Å²) in [4.78, 5) is 11.5. The zero-order chi connectivity index (χ0) is 16.6. The molecule has 0 rings (SSSR count). The first-order valence-corrected chi connectivity index (χ1v) is 10.8. The molecule has 0 aliphatic carbocycles. The fraction of sp³-hybridized carbons (Fsp3) is 0.941. The molecule has 1 unspecified atom stereocenters. The zero-order valence-corrected chi connectivity index (χ0v) is 16.4. The number of carbonyl (C=O) groups is 1. The van der Waals surface area contributed by atoms with Crippen molar-refractivity contribution in [2.75, 3.05) is 6.61 Å². The van der Waals surface area contributed by atoms with Crippen LogP contribution in [0, 0.1) is 11.8 Å². The monoisotopic (exact) mass is 316 g/mol. The lowest BCUT2D eigenvalue weighted by molar-refractivity contribution is -0.147. The van der Waals surface area contributed by atoms with E-state index in [9.17, 15) is 4.79 Å². The van der Waals surface area contributed by atoms with E-state index in [0.29, 0.717) is 18.1 Å². The number of carbonyl (C=O) groups excluding carboxylic acids is 1. The van der Waals surface area contributed by atoms with E-state index in [1.165, 1.54) is 6.04 Å². The fourth-order valence-electron chi connectivity index (χ4n) is 2.74. The van der Waals surface area contributed by atoms with Gasteiger partial charge in [0.1, 0.15) is 0 Å². The normalized spacial score (nSPS) is 15.0. The molecule has 0 spiro atoms. The van der Waals surface area contributed by atoms with Crippen LogP contribution in [0.2, 0.25) is 17.6 Å². The van der Waals surface area contributed by atoms with Gasteiger partial charge in [-0.3, -0.25) is 4.79 Å². The molecule has 1 atom stereocenters. The molecule has 4 heteroatoms. The molecule has 21 heavy (non-hydrogen) atoms. The summed E-state index contributed by atoms with van der Waals surface area (Å²) in [5.41, 5.74) is 0.586. The Morgan fingerprint density at radius 2 is 1.57 bits per heavy atom. The third-order valence-corrected chi connectivity index (χ3v) is 9.49. The summed E-state index contributed by atoms with van der Waals surface area (Å²) >= 11 is 0. The second kappa shape index (κ2) is 9.62. The molecule has 0 saturated heterocycles. The van der Waals surface area contributed by atoms with Crippen molar-refractivity contribution in [1.82, 2.24) is 0 Å². The first-order chi connectivity index (χ1) is 9.60. The van der Waals surface area contributed by atoms with Gasteiger partial charge in [-0.2, -0.15) is 0 Å². The van der Waals surface area contributed by atoms with E-state index in [0.717, 1.165) is 12.5 Å². The Morgan fingerprint density at radius 1 is 1.00 bits per heavy atom. The van der Waals surface area contributed by atoms with Crippen molar-refractivity contribution in [2.24, 2.45) is 11.8 Å². The van der Waals surface area contributed by atoms with E-state index in [4.69, 9.17) is 9.16 Å². The van der Waals surface area contributed by atoms with Crippen LogP contribution in [0.3, 0.4) is 0 Å². The molecule has 0 amide bonds. The largest absolute Gasteiger partial charge is 0.465 e. The molecule has 0 bridgehead atoms. The van der Waals surface area contributed by atoms with E-state index in [1.807, 2.05) is 13.8 Å². The lowest BCUT2D eigenvalue weighted by atomic mass is 10.2. The van der Waals surface area contributed by atoms with Crippen molar-refractivity contribution in [2.45, 2.75) is 85.5 Å². The highest BCUT2D eigenvalue weighted by Crippen LogP contribution is 2.35. The Kier molecular flexibility index (Phi) is 9.46. The quantitative estimate of drug-likeness (QED) is 0.323. The van der Waals surface area contributed by atoms with E-state index in [2.05, 4.69) is 41.5 Å². The highest BCUT2D eigenvalue weighted by Gasteiger charge is 2.39. The average Bonchev–Trinajstić information content (AvgIpc) is 2.32. The van der Waals surface area contributed by atoms with Crippen molar-refractivity contribution in [3.8, 4) is 0 Å². The van der Waals surface area contributed by atoms with Crippen LogP contribution in [-0.4, -0.2) is 27.0 Å². The lowest BCUT2D eigenvalue weighted by Crippen LogP contribution is -2.45. The molecule has 0 aliphatic heterocycles. The van der Waals surface area contributed by atoms with Gasteiger partial charge in [0.25, 0.3) is 0 Å². The van der Waals surface area contributed by atoms with Crippen LogP contribution in [0.5, 0.6) is 0 Å². The number of hydrogen-bond acceptors (Lipinski definition) is 3. The van der Waals surface area contributed by atoms with Gasteiger partial charge < -0.3 is 9.16 Å². The molecule has 0 saturated carbocycles. The van der Waals surface area contributed by atoms with Crippen LogP contribution in [-0.2, 0) is 14.0 Å². The Morgan fingerprint density at radius 3 is 1.95 bits per heavy atom. The third kappa shape index (κ3) is 8.00. The molecule has 126 valence electrons. The molecule has 3 nitrogen and oxygen atoms in total. The Balaban J connectivity index is 4.62. The van der Waals surface area contributed by atoms with Crippen LogP contribution in [0.15, 0.2) is 0 Å². The second-order valence-corrected chi connectivity index (χ2v) is 11.8. The van der Waals surface area contributed by atoms with Crippen molar-refractivity contribution < 1.29 is 14.0 Å². The van der Waals surface area contributed by atoms with Crippen molar-refractivity contribution in [1.29, 1.82) is 0 Å². The van der Waals surface area contributed by atoms with Crippen molar-refractivity contribution in [3.05, 3.63) is 0 Å². The Hall–Kier alpha value is -0.353. The summed E-state index contributed by atoms with van der Waals surface area (Å²) < 4.78 is 11.8. The second-order valence-electron chi connectivity index (χ2n) is 7.41. The van der Waals surface area contributed by atoms with Crippen molar-refractivity contribution in [3.63, 3.8) is 0 Å². The van der Waals surface area contributed by atoms with E-state index in [1.54, 1.807) is 0 Å². The van der Waals surface area contributed by atoms with Crippen LogP contribution < -0.4 is 0 Å². The van der Waals surface area contributed by atoms with Gasteiger partial charge >= 0.3 is 5.97 Å². The van der Waals surface area contributed by atoms with E-state index >= 15 is 0 Å². The standard InChI is InChI=1S/C17H36O3Si/c1-13(2)12-21(16(7)8,20-15(5)6)11-9-10-19-17(18)14(3)4/h13-16H,9-12H2,1-8H3. The number of ether oxygens (including phenoxy) is 1. The summed E-state index contributed by atoms with van der Waals surface area (Å²) in [6.07, 6.45) is 1.19.